The number of imide groups is 1. The predicted octanol–water partition coefficient (Wildman–Crippen LogP) is 1.37. The minimum atomic E-state index is -0.795. The molecule has 0 aromatic heterocycles. The lowest BCUT2D eigenvalue weighted by atomic mass is 9.96. The molecule has 1 aromatic carbocycles. The molecule has 9 heteroatoms. The molecular formula is C19H20FN3O5. The molecule has 1 aliphatic carbocycles. The number of benzene rings is 1. The van der Waals surface area contributed by atoms with Gasteiger partial charge in [-0.25, -0.2) is 9.18 Å². The maximum Gasteiger partial charge on any atom is 0.407 e. The maximum atomic E-state index is 14.9. The Morgan fingerprint density at radius 1 is 1.25 bits per heavy atom. The first-order valence-corrected chi connectivity index (χ1v) is 9.33. The average Bonchev–Trinajstić information content (AvgIpc) is 2.95. The van der Waals surface area contributed by atoms with E-state index in [-0.39, 0.29) is 49.1 Å². The highest BCUT2D eigenvalue weighted by molar-refractivity contribution is 6.05. The Kier molecular flexibility index (Phi) is 4.74. The summed E-state index contributed by atoms with van der Waals surface area (Å²) in [4.78, 5) is 49.1. The Labute approximate surface area is 160 Å². The molecule has 28 heavy (non-hydrogen) atoms. The zero-order valence-corrected chi connectivity index (χ0v) is 15.1. The molecule has 1 atom stereocenters. The van der Waals surface area contributed by atoms with E-state index in [1.165, 1.54) is 11.0 Å². The van der Waals surface area contributed by atoms with E-state index in [0.29, 0.717) is 5.56 Å². The standard InChI is InChI=1S/C19H20FN3O5/c20-16-10(8-21-19(27)28-12-2-1-3-12)4-5-11-9-23(18(26)15(11)16)13-6-7-14(24)22-17(13)25/h4-5,12-13H,1-3,6-9H2,(H,21,27)(H,22,24,25). The summed E-state index contributed by atoms with van der Waals surface area (Å²) in [5.41, 5.74) is 0.562. The van der Waals surface area contributed by atoms with Crippen LogP contribution in [0.5, 0.6) is 0 Å². The molecule has 1 saturated carbocycles. The number of halogens is 1. The quantitative estimate of drug-likeness (QED) is 0.757. The van der Waals surface area contributed by atoms with Crippen molar-refractivity contribution in [3.05, 3.63) is 34.6 Å². The fraction of sp³-hybridized carbons (Fsp3) is 0.474. The van der Waals surface area contributed by atoms with Gasteiger partial charge in [-0.2, -0.15) is 0 Å². The van der Waals surface area contributed by atoms with Crippen molar-refractivity contribution in [2.75, 3.05) is 0 Å². The zero-order chi connectivity index (χ0) is 19.8. The number of hydrogen-bond acceptors (Lipinski definition) is 5. The van der Waals surface area contributed by atoms with Crippen molar-refractivity contribution in [2.45, 2.75) is 57.3 Å². The second-order valence-electron chi connectivity index (χ2n) is 7.28. The smallest absolute Gasteiger partial charge is 0.407 e. The molecule has 4 rings (SSSR count). The molecule has 0 bridgehead atoms. The summed E-state index contributed by atoms with van der Waals surface area (Å²) >= 11 is 0. The van der Waals surface area contributed by atoms with Gasteiger partial charge >= 0.3 is 6.09 Å². The van der Waals surface area contributed by atoms with Crippen molar-refractivity contribution in [3.8, 4) is 0 Å². The van der Waals surface area contributed by atoms with E-state index >= 15 is 0 Å². The van der Waals surface area contributed by atoms with Gasteiger partial charge in [0.1, 0.15) is 18.0 Å². The van der Waals surface area contributed by atoms with Crippen LogP contribution >= 0.6 is 0 Å². The van der Waals surface area contributed by atoms with E-state index in [9.17, 15) is 23.6 Å². The number of carbonyl (C=O) groups excluding carboxylic acids is 4. The summed E-state index contributed by atoms with van der Waals surface area (Å²) in [5, 5.41) is 4.71. The van der Waals surface area contributed by atoms with Crippen LogP contribution in [0.15, 0.2) is 12.1 Å². The molecule has 4 amide bonds. The van der Waals surface area contributed by atoms with Crippen molar-refractivity contribution in [1.82, 2.24) is 15.5 Å². The highest BCUT2D eigenvalue weighted by Gasteiger charge is 2.40. The van der Waals surface area contributed by atoms with Crippen LogP contribution in [-0.2, 0) is 27.4 Å². The fourth-order valence-corrected chi connectivity index (χ4v) is 3.64. The molecule has 2 N–H and O–H groups in total. The van der Waals surface area contributed by atoms with Crippen LogP contribution in [0.3, 0.4) is 0 Å². The number of alkyl carbamates (subject to hydrolysis) is 1. The molecule has 1 saturated heterocycles. The molecule has 2 aliphatic heterocycles. The largest absolute Gasteiger partial charge is 0.446 e. The van der Waals surface area contributed by atoms with Gasteiger partial charge in [0.2, 0.25) is 11.8 Å². The fourth-order valence-electron chi connectivity index (χ4n) is 3.64. The average molecular weight is 389 g/mol. The molecule has 1 aromatic rings. The number of nitrogens with one attached hydrogen (secondary N) is 2. The molecule has 0 spiro atoms. The van der Waals surface area contributed by atoms with Crippen LogP contribution in [-0.4, -0.2) is 40.9 Å². The van der Waals surface area contributed by atoms with Crippen molar-refractivity contribution in [1.29, 1.82) is 0 Å². The van der Waals surface area contributed by atoms with Gasteiger partial charge in [-0.3, -0.25) is 19.7 Å². The first-order chi connectivity index (χ1) is 13.4. The SMILES string of the molecule is O=C1CCC(N2Cc3ccc(CNC(=O)OC4CCC4)c(F)c3C2=O)C(=O)N1. The summed E-state index contributed by atoms with van der Waals surface area (Å²) in [6.45, 7) is 0.00512. The number of piperidine rings is 1. The lowest BCUT2D eigenvalue weighted by molar-refractivity contribution is -0.136. The van der Waals surface area contributed by atoms with Crippen LogP contribution in [0.25, 0.3) is 0 Å². The van der Waals surface area contributed by atoms with Gasteiger partial charge in [0, 0.05) is 25.1 Å². The molecule has 8 nitrogen and oxygen atoms in total. The molecule has 1 unspecified atom stereocenters. The van der Waals surface area contributed by atoms with E-state index in [4.69, 9.17) is 4.74 Å². The van der Waals surface area contributed by atoms with Gasteiger partial charge < -0.3 is 15.0 Å². The van der Waals surface area contributed by atoms with Crippen molar-refractivity contribution in [2.24, 2.45) is 0 Å². The molecule has 3 aliphatic rings. The van der Waals surface area contributed by atoms with Crippen molar-refractivity contribution >= 4 is 23.8 Å². The number of rotatable bonds is 4. The molecule has 2 fully saturated rings. The molecular weight excluding hydrogens is 369 g/mol. The Morgan fingerprint density at radius 2 is 2.04 bits per heavy atom. The number of amides is 4. The Hall–Kier alpha value is -2.97. The van der Waals surface area contributed by atoms with E-state index in [1.807, 2.05) is 0 Å². The van der Waals surface area contributed by atoms with Gasteiger partial charge in [0.05, 0.1) is 5.56 Å². The van der Waals surface area contributed by atoms with Crippen LogP contribution in [0, 0.1) is 5.82 Å². The molecule has 2 heterocycles. The summed E-state index contributed by atoms with van der Waals surface area (Å²) in [6, 6.07) is 2.34. The minimum Gasteiger partial charge on any atom is -0.446 e. The van der Waals surface area contributed by atoms with Gasteiger partial charge in [0.15, 0.2) is 0 Å². The third-order valence-corrected chi connectivity index (χ3v) is 5.46. The topological polar surface area (TPSA) is 105 Å². The minimum absolute atomic E-state index is 0.0754. The predicted molar refractivity (Wildman–Crippen MR) is 93.4 cm³/mol. The number of fused-ring (bicyclic) bond motifs is 1. The third-order valence-electron chi connectivity index (χ3n) is 5.46. The second kappa shape index (κ2) is 7.21. The van der Waals surface area contributed by atoms with Crippen molar-refractivity contribution in [3.63, 3.8) is 0 Å². The highest BCUT2D eigenvalue weighted by Crippen LogP contribution is 2.30. The van der Waals surface area contributed by atoms with Crippen LogP contribution in [0.4, 0.5) is 9.18 Å². The normalized spacial score (nSPS) is 21.8. The van der Waals surface area contributed by atoms with Gasteiger partial charge in [0.25, 0.3) is 5.91 Å². The zero-order valence-electron chi connectivity index (χ0n) is 15.1. The maximum absolute atomic E-state index is 14.9. The van der Waals surface area contributed by atoms with E-state index < -0.39 is 29.8 Å². The van der Waals surface area contributed by atoms with Gasteiger partial charge in [-0.05, 0) is 31.2 Å². The number of carbonyl (C=O) groups is 4. The summed E-state index contributed by atoms with van der Waals surface area (Å²) < 4.78 is 20.1. The summed E-state index contributed by atoms with van der Waals surface area (Å²) in [6.07, 6.45) is 2.37. The Bertz CT molecular complexity index is 867. The third kappa shape index (κ3) is 3.32. The Morgan fingerprint density at radius 3 is 2.71 bits per heavy atom. The van der Waals surface area contributed by atoms with Gasteiger partial charge in [-0.1, -0.05) is 12.1 Å². The van der Waals surface area contributed by atoms with Crippen molar-refractivity contribution < 1.29 is 28.3 Å². The lowest BCUT2D eigenvalue weighted by Gasteiger charge is -2.29. The number of hydrogen-bond donors (Lipinski definition) is 2. The molecule has 148 valence electrons. The first kappa shape index (κ1) is 18.4. The second-order valence-corrected chi connectivity index (χ2v) is 7.28. The van der Waals surface area contributed by atoms with Crippen LogP contribution < -0.4 is 10.6 Å². The van der Waals surface area contributed by atoms with E-state index in [1.54, 1.807) is 6.07 Å². The first-order valence-electron chi connectivity index (χ1n) is 9.33. The number of ether oxygens (including phenoxy) is 1. The summed E-state index contributed by atoms with van der Waals surface area (Å²) in [5.74, 6) is -2.21. The Balaban J connectivity index is 1.45. The summed E-state index contributed by atoms with van der Waals surface area (Å²) in [7, 11) is 0. The monoisotopic (exact) mass is 389 g/mol. The van der Waals surface area contributed by atoms with Crippen LogP contribution in [0.1, 0.15) is 53.6 Å². The van der Waals surface area contributed by atoms with E-state index in [2.05, 4.69) is 10.6 Å². The number of nitrogens with zero attached hydrogens (tertiary/aromatic N) is 1. The van der Waals surface area contributed by atoms with E-state index in [0.717, 1.165) is 19.3 Å². The van der Waals surface area contributed by atoms with Gasteiger partial charge in [-0.15, -0.1) is 0 Å². The van der Waals surface area contributed by atoms with Crippen LogP contribution in [0.2, 0.25) is 0 Å². The lowest BCUT2D eigenvalue weighted by Crippen LogP contribution is -2.52. The highest BCUT2D eigenvalue weighted by atomic mass is 19.1. The molecule has 0 radical (unpaired) electrons.